The van der Waals surface area contributed by atoms with Gasteiger partial charge in [0.05, 0.1) is 31.9 Å². The predicted octanol–water partition coefficient (Wildman–Crippen LogP) is -0.0120. The molecule has 1 saturated carbocycles. The number of imidazole rings is 2. The van der Waals surface area contributed by atoms with Gasteiger partial charge in [-0.15, -0.1) is 0 Å². The maximum absolute atomic E-state index is 13.7. The van der Waals surface area contributed by atoms with Gasteiger partial charge in [0.25, 0.3) is 5.56 Å². The first-order valence-corrected chi connectivity index (χ1v) is 17.0. The highest BCUT2D eigenvalue weighted by Gasteiger charge is 2.51. The Hall–Kier alpha value is -3.32. The SMILES string of the molecule is COC1C2COP(C)(=O)OC3C(CO[PH](=O)OC1C(n1cnc4c(=O)[nH]c(N)nc41)O2)CC(n1cnc2c(N)ncnc21)C3O. The van der Waals surface area contributed by atoms with E-state index in [0.717, 1.165) is 0 Å². The van der Waals surface area contributed by atoms with Gasteiger partial charge in [-0.25, -0.2) is 19.9 Å². The zero-order valence-electron chi connectivity index (χ0n) is 23.8. The molecule has 242 valence electrons. The van der Waals surface area contributed by atoms with E-state index in [0.29, 0.717) is 11.2 Å². The van der Waals surface area contributed by atoms with Crippen molar-refractivity contribution in [3.05, 3.63) is 29.3 Å². The molecule has 10 atom stereocenters. The number of fused-ring (bicyclic) bond motifs is 5. The quantitative estimate of drug-likeness (QED) is 0.209. The molecule has 10 unspecified atom stereocenters. The van der Waals surface area contributed by atoms with Crippen molar-refractivity contribution >= 4 is 49.9 Å². The van der Waals surface area contributed by atoms with E-state index in [1.807, 2.05) is 0 Å². The predicted molar refractivity (Wildman–Crippen MR) is 154 cm³/mol. The molecule has 22 heteroatoms. The molecule has 0 spiro atoms. The monoisotopic (exact) mass is 668 g/mol. The Labute approximate surface area is 253 Å². The lowest BCUT2D eigenvalue weighted by Gasteiger charge is -2.27. The number of anilines is 2. The maximum atomic E-state index is 13.7. The third kappa shape index (κ3) is 5.35. The average Bonchev–Trinajstić information content (AvgIpc) is 3.75. The molecular formula is C23H30N10O10P2. The van der Waals surface area contributed by atoms with Crippen LogP contribution in [0.4, 0.5) is 11.8 Å². The van der Waals surface area contributed by atoms with Crippen molar-refractivity contribution in [2.75, 3.05) is 38.5 Å². The number of nitrogens with two attached hydrogens (primary N) is 2. The number of hydrogen-bond donors (Lipinski definition) is 4. The number of aliphatic hydroxyl groups excluding tert-OH is 1. The van der Waals surface area contributed by atoms with Gasteiger partial charge in [0.2, 0.25) is 5.95 Å². The van der Waals surface area contributed by atoms with Gasteiger partial charge in [-0.2, -0.15) is 4.98 Å². The normalized spacial score (nSPS) is 36.0. The van der Waals surface area contributed by atoms with E-state index in [1.54, 1.807) is 4.57 Å². The van der Waals surface area contributed by atoms with Crippen LogP contribution >= 0.6 is 15.9 Å². The summed E-state index contributed by atoms with van der Waals surface area (Å²) in [7, 11) is -5.72. The minimum atomic E-state index is -3.86. The van der Waals surface area contributed by atoms with Gasteiger partial charge in [-0.3, -0.25) is 28.0 Å². The van der Waals surface area contributed by atoms with Gasteiger partial charge in [-0.1, -0.05) is 0 Å². The minimum absolute atomic E-state index is 0.00908. The fourth-order valence-corrected chi connectivity index (χ4v) is 8.28. The lowest BCUT2D eigenvalue weighted by molar-refractivity contribution is -0.0552. The highest BCUT2D eigenvalue weighted by atomic mass is 31.2. The van der Waals surface area contributed by atoms with E-state index in [2.05, 4.69) is 29.9 Å². The van der Waals surface area contributed by atoms with Gasteiger partial charge in [0, 0.05) is 19.7 Å². The molecule has 0 radical (unpaired) electrons. The van der Waals surface area contributed by atoms with Gasteiger partial charge < -0.3 is 44.2 Å². The number of H-pyrrole nitrogens is 1. The molecule has 0 amide bonds. The van der Waals surface area contributed by atoms with E-state index in [1.165, 1.54) is 37.3 Å². The number of aromatic amines is 1. The standard InChI is InChI=1S/C23H30N10O10P2/c1-38-16-11-5-40-45(2,37)43-15-9(3-10(14(15)34)32-7-28-12-18(24)26-6-27-19(12)32)4-39-44(36)42-17(16)22(41-11)33-8-29-13-20(33)30-23(25)31-21(13)35/h6-11,14-17,22,34,44H,3-5H2,1-2H3,(H2,24,26,27)(H3,25,30,31,35). The molecule has 6 N–H and O–H groups in total. The van der Waals surface area contributed by atoms with Crippen molar-refractivity contribution < 1.29 is 41.8 Å². The second-order valence-electron chi connectivity index (χ2n) is 11.0. The first-order valence-electron chi connectivity index (χ1n) is 13.8. The van der Waals surface area contributed by atoms with Crippen LogP contribution in [0.5, 0.6) is 0 Å². The molecule has 4 aromatic heterocycles. The van der Waals surface area contributed by atoms with E-state index in [4.69, 9.17) is 39.0 Å². The van der Waals surface area contributed by atoms with Gasteiger partial charge >= 0.3 is 15.9 Å². The van der Waals surface area contributed by atoms with Crippen LogP contribution in [-0.4, -0.2) is 102 Å². The van der Waals surface area contributed by atoms with E-state index < -0.39 is 70.1 Å². The van der Waals surface area contributed by atoms with Crippen LogP contribution in [0.2, 0.25) is 0 Å². The summed E-state index contributed by atoms with van der Waals surface area (Å²) in [5.74, 6) is -0.576. The van der Waals surface area contributed by atoms with Gasteiger partial charge in [0.1, 0.15) is 42.4 Å². The van der Waals surface area contributed by atoms with Gasteiger partial charge in [-0.05, 0) is 6.42 Å². The average molecular weight is 669 g/mol. The lowest BCUT2D eigenvalue weighted by atomic mass is 10.1. The molecule has 0 aromatic carbocycles. The Kier molecular flexibility index (Phi) is 7.74. The second kappa shape index (κ2) is 11.5. The molecule has 3 aliphatic rings. The molecule has 20 nitrogen and oxygen atoms in total. The summed E-state index contributed by atoms with van der Waals surface area (Å²) in [4.78, 5) is 35.5. The highest BCUT2D eigenvalue weighted by Crippen LogP contribution is 2.53. The summed E-state index contributed by atoms with van der Waals surface area (Å²) in [5, 5.41) is 11.4. The second-order valence-corrected chi connectivity index (χ2v) is 14.0. The Bertz CT molecular complexity index is 1880. The summed E-state index contributed by atoms with van der Waals surface area (Å²) in [6, 6.07) is -0.640. The fraction of sp³-hybridized carbons (Fsp3) is 0.565. The zero-order valence-corrected chi connectivity index (χ0v) is 25.7. The lowest BCUT2D eigenvalue weighted by Crippen LogP contribution is -2.36. The number of aliphatic hydroxyl groups is 1. The van der Waals surface area contributed by atoms with Crippen LogP contribution in [-0.2, 0) is 36.7 Å². The summed E-state index contributed by atoms with van der Waals surface area (Å²) >= 11 is 0. The van der Waals surface area contributed by atoms with Gasteiger partial charge in [0.15, 0.2) is 28.9 Å². The van der Waals surface area contributed by atoms with Crippen molar-refractivity contribution in [1.82, 2.24) is 39.0 Å². The molecule has 6 heterocycles. The minimum Gasteiger partial charge on any atom is -0.388 e. The largest absolute Gasteiger partial charge is 0.388 e. The number of nitrogen functional groups attached to an aromatic ring is 2. The summed E-state index contributed by atoms with van der Waals surface area (Å²) in [6.07, 6.45) is -1.91. The molecule has 4 aromatic rings. The zero-order chi connectivity index (χ0) is 31.6. The highest BCUT2D eigenvalue weighted by molar-refractivity contribution is 7.53. The number of nitrogens with one attached hydrogen (secondary N) is 1. The van der Waals surface area contributed by atoms with Crippen LogP contribution in [0, 0.1) is 5.92 Å². The third-order valence-corrected chi connectivity index (χ3v) is 10.3. The van der Waals surface area contributed by atoms with Crippen LogP contribution in [0.25, 0.3) is 22.3 Å². The Morgan fingerprint density at radius 3 is 2.69 bits per heavy atom. The summed E-state index contributed by atoms with van der Waals surface area (Å²) in [5.41, 5.74) is 12.0. The Morgan fingerprint density at radius 1 is 1.11 bits per heavy atom. The topological polar surface area (TPSA) is 269 Å². The number of methoxy groups -OCH3 is 1. The number of hydrogen-bond acceptors (Lipinski definition) is 17. The third-order valence-electron chi connectivity index (χ3n) is 8.20. The van der Waals surface area contributed by atoms with E-state index in [9.17, 15) is 19.0 Å². The molecule has 1 aliphatic carbocycles. The maximum Gasteiger partial charge on any atom is 0.328 e. The molecular weight excluding hydrogens is 638 g/mol. The fourth-order valence-electron chi connectivity index (χ4n) is 6.17. The first kappa shape index (κ1) is 30.3. The van der Waals surface area contributed by atoms with Crippen molar-refractivity contribution in [2.45, 2.75) is 49.2 Å². The molecule has 2 bridgehead atoms. The van der Waals surface area contributed by atoms with E-state index in [-0.39, 0.29) is 42.6 Å². The van der Waals surface area contributed by atoms with Crippen molar-refractivity contribution in [3.63, 3.8) is 0 Å². The smallest absolute Gasteiger partial charge is 0.328 e. The Balaban J connectivity index is 1.20. The van der Waals surface area contributed by atoms with Crippen molar-refractivity contribution in [1.29, 1.82) is 0 Å². The Morgan fingerprint density at radius 2 is 1.89 bits per heavy atom. The molecule has 2 aliphatic heterocycles. The summed E-state index contributed by atoms with van der Waals surface area (Å²) in [6.45, 7) is 0.783. The van der Waals surface area contributed by atoms with Crippen LogP contribution in [0.15, 0.2) is 23.8 Å². The molecule has 3 fully saturated rings. The molecule has 7 rings (SSSR count). The van der Waals surface area contributed by atoms with Crippen LogP contribution in [0.3, 0.4) is 0 Å². The molecule has 45 heavy (non-hydrogen) atoms. The molecule has 2 saturated heterocycles. The number of rotatable bonds is 3. The number of ether oxygens (including phenoxy) is 2. The first-order chi connectivity index (χ1) is 21.5. The number of aromatic nitrogens is 8. The van der Waals surface area contributed by atoms with Crippen molar-refractivity contribution in [2.24, 2.45) is 5.92 Å². The number of nitrogens with zero attached hydrogens (tertiary/aromatic N) is 7. The van der Waals surface area contributed by atoms with E-state index >= 15 is 0 Å². The summed E-state index contributed by atoms with van der Waals surface area (Å²) < 4.78 is 65.2. The van der Waals surface area contributed by atoms with Crippen LogP contribution in [0.1, 0.15) is 18.7 Å². The van der Waals surface area contributed by atoms with Crippen LogP contribution < -0.4 is 17.0 Å². The van der Waals surface area contributed by atoms with Crippen molar-refractivity contribution in [3.8, 4) is 0 Å².